The van der Waals surface area contributed by atoms with Crippen molar-refractivity contribution in [2.45, 2.75) is 64.2 Å². The molecule has 0 bridgehead atoms. The smallest absolute Gasteiger partial charge is 0.271 e. The molecule has 33 heavy (non-hydrogen) atoms. The summed E-state index contributed by atoms with van der Waals surface area (Å²) in [7, 11) is 0. The molecule has 1 aromatic heterocycles. The zero-order valence-electron chi connectivity index (χ0n) is 19.4. The molecule has 5 nitrogen and oxygen atoms in total. The van der Waals surface area contributed by atoms with Gasteiger partial charge in [-0.2, -0.15) is 0 Å². The van der Waals surface area contributed by atoms with Crippen LogP contribution < -0.4 is 5.32 Å². The van der Waals surface area contributed by atoms with Crippen LogP contribution in [0.2, 0.25) is 0 Å². The van der Waals surface area contributed by atoms with Gasteiger partial charge in [0.1, 0.15) is 11.2 Å². The highest BCUT2D eigenvalue weighted by molar-refractivity contribution is 6.00. The summed E-state index contributed by atoms with van der Waals surface area (Å²) in [6.45, 7) is 4.80. The average Bonchev–Trinajstić information content (AvgIpc) is 3.47. The number of nitrogens with zero attached hydrogens (tertiary/aromatic N) is 2. The monoisotopic (exact) mass is 441 g/mol. The summed E-state index contributed by atoms with van der Waals surface area (Å²) < 4.78 is 2.03. The fourth-order valence-corrected chi connectivity index (χ4v) is 5.29. The van der Waals surface area contributed by atoms with E-state index in [9.17, 15) is 9.59 Å². The molecule has 1 N–H and O–H groups in total. The Kier molecular flexibility index (Phi) is 5.57. The van der Waals surface area contributed by atoms with E-state index in [1.807, 2.05) is 79.1 Å². The molecule has 170 valence electrons. The lowest BCUT2D eigenvalue weighted by Gasteiger charge is -2.45. The molecule has 0 saturated heterocycles. The Morgan fingerprint density at radius 1 is 1.00 bits per heavy atom. The first-order valence-electron chi connectivity index (χ1n) is 11.9. The number of aromatic nitrogens is 1. The number of hydrogen-bond donors (Lipinski definition) is 1. The van der Waals surface area contributed by atoms with Gasteiger partial charge in [-0.15, -0.1) is 0 Å². The van der Waals surface area contributed by atoms with E-state index in [0.717, 1.165) is 48.1 Å². The summed E-state index contributed by atoms with van der Waals surface area (Å²) >= 11 is 0. The van der Waals surface area contributed by atoms with Gasteiger partial charge in [-0.05, 0) is 49.9 Å². The molecular weight excluding hydrogens is 410 g/mol. The Morgan fingerprint density at radius 3 is 2.45 bits per heavy atom. The summed E-state index contributed by atoms with van der Waals surface area (Å²) in [6, 6.07) is 22.3. The molecule has 5 heteroatoms. The number of hydrogen-bond acceptors (Lipinski definition) is 2. The minimum Gasteiger partial charge on any atom is -0.351 e. The number of carbonyl (C=O) groups is 2. The maximum Gasteiger partial charge on any atom is 0.271 e. The SMILES string of the molecule is Cc1cccc(CN2C(=O)c3ccc(-c4ccccc4)n3C[C@@]2(C)C(=O)NC2CCCC2)c1. The van der Waals surface area contributed by atoms with E-state index in [0.29, 0.717) is 18.8 Å². The Hall–Kier alpha value is -3.34. The molecule has 0 radical (unpaired) electrons. The first-order valence-corrected chi connectivity index (χ1v) is 11.9. The minimum atomic E-state index is -0.987. The van der Waals surface area contributed by atoms with Crippen molar-refractivity contribution in [3.8, 4) is 11.3 Å². The van der Waals surface area contributed by atoms with Gasteiger partial charge in [0.15, 0.2) is 0 Å². The van der Waals surface area contributed by atoms with Crippen LogP contribution in [-0.4, -0.2) is 32.9 Å². The molecule has 0 spiro atoms. The molecular formula is C28H31N3O2. The van der Waals surface area contributed by atoms with Crippen LogP contribution in [0.15, 0.2) is 66.7 Å². The van der Waals surface area contributed by atoms with Crippen LogP contribution in [-0.2, 0) is 17.9 Å². The largest absolute Gasteiger partial charge is 0.351 e. The summed E-state index contributed by atoms with van der Waals surface area (Å²) in [5.74, 6) is -0.164. The molecule has 2 aromatic carbocycles. The maximum absolute atomic E-state index is 13.8. The van der Waals surface area contributed by atoms with E-state index in [-0.39, 0.29) is 17.9 Å². The highest BCUT2D eigenvalue weighted by atomic mass is 16.2. The lowest BCUT2D eigenvalue weighted by Crippen LogP contribution is -2.64. The lowest BCUT2D eigenvalue weighted by atomic mass is 9.93. The zero-order chi connectivity index (χ0) is 23.0. The molecule has 0 unspecified atom stereocenters. The van der Waals surface area contributed by atoms with E-state index >= 15 is 0 Å². The lowest BCUT2D eigenvalue weighted by molar-refractivity contribution is -0.133. The molecule has 2 heterocycles. The van der Waals surface area contributed by atoms with E-state index in [1.165, 1.54) is 0 Å². The Morgan fingerprint density at radius 2 is 1.73 bits per heavy atom. The van der Waals surface area contributed by atoms with E-state index in [4.69, 9.17) is 0 Å². The van der Waals surface area contributed by atoms with Gasteiger partial charge in [0.05, 0.1) is 6.54 Å². The zero-order valence-corrected chi connectivity index (χ0v) is 19.4. The summed E-state index contributed by atoms with van der Waals surface area (Å²) in [5.41, 5.74) is 3.83. The Bertz CT molecular complexity index is 1180. The van der Waals surface area contributed by atoms with Gasteiger partial charge in [0, 0.05) is 18.3 Å². The van der Waals surface area contributed by atoms with Crippen LogP contribution in [0.1, 0.15) is 54.2 Å². The topological polar surface area (TPSA) is 54.3 Å². The van der Waals surface area contributed by atoms with Crippen molar-refractivity contribution < 1.29 is 9.59 Å². The van der Waals surface area contributed by atoms with Gasteiger partial charge in [0.25, 0.3) is 5.91 Å². The molecule has 3 aromatic rings. The average molecular weight is 442 g/mol. The molecule has 1 fully saturated rings. The number of carbonyl (C=O) groups excluding carboxylic acids is 2. The van der Waals surface area contributed by atoms with Gasteiger partial charge in [-0.1, -0.05) is 73.0 Å². The number of benzene rings is 2. The van der Waals surface area contributed by atoms with Crippen LogP contribution >= 0.6 is 0 Å². The quantitative estimate of drug-likeness (QED) is 0.610. The number of nitrogens with one attached hydrogen (secondary N) is 1. The Balaban J connectivity index is 1.55. The number of rotatable bonds is 5. The van der Waals surface area contributed by atoms with Gasteiger partial charge < -0.3 is 14.8 Å². The van der Waals surface area contributed by atoms with Crippen molar-refractivity contribution in [1.82, 2.24) is 14.8 Å². The third kappa shape index (κ3) is 3.97. The summed E-state index contributed by atoms with van der Waals surface area (Å²) in [6.07, 6.45) is 4.32. The molecule has 1 aliphatic carbocycles. The van der Waals surface area contributed by atoms with Crippen molar-refractivity contribution in [3.63, 3.8) is 0 Å². The molecule has 1 atom stereocenters. The predicted octanol–water partition coefficient (Wildman–Crippen LogP) is 4.94. The standard InChI is InChI=1S/C28H31N3O2/c1-20-9-8-10-21(17-20)18-31-26(32)25-16-15-24(22-11-4-3-5-12-22)30(25)19-28(31,2)27(33)29-23-13-6-7-14-23/h3-5,8-12,15-17,23H,6-7,13-14,18-19H2,1-2H3,(H,29,33)/t28-/m0/s1. The second-order valence-corrected chi connectivity index (χ2v) is 9.67. The fourth-order valence-electron chi connectivity index (χ4n) is 5.29. The second-order valence-electron chi connectivity index (χ2n) is 9.67. The van der Waals surface area contributed by atoms with Crippen molar-refractivity contribution in [1.29, 1.82) is 0 Å². The van der Waals surface area contributed by atoms with Crippen molar-refractivity contribution in [3.05, 3.63) is 83.6 Å². The van der Waals surface area contributed by atoms with Crippen LogP contribution in [0.5, 0.6) is 0 Å². The van der Waals surface area contributed by atoms with E-state index < -0.39 is 5.54 Å². The second kappa shape index (κ2) is 8.54. The van der Waals surface area contributed by atoms with Crippen LogP contribution in [0.25, 0.3) is 11.3 Å². The van der Waals surface area contributed by atoms with E-state index in [2.05, 4.69) is 11.4 Å². The first-order chi connectivity index (χ1) is 16.0. The van der Waals surface area contributed by atoms with Gasteiger partial charge in [-0.3, -0.25) is 9.59 Å². The third-order valence-electron chi connectivity index (χ3n) is 7.18. The predicted molar refractivity (Wildman–Crippen MR) is 130 cm³/mol. The first kappa shape index (κ1) is 21.5. The molecule has 1 aliphatic heterocycles. The number of fused-ring (bicyclic) bond motifs is 1. The summed E-state index contributed by atoms with van der Waals surface area (Å²) in [4.78, 5) is 29.4. The maximum atomic E-state index is 13.8. The number of amides is 2. The van der Waals surface area contributed by atoms with Crippen molar-refractivity contribution >= 4 is 11.8 Å². The van der Waals surface area contributed by atoms with Crippen molar-refractivity contribution in [2.75, 3.05) is 0 Å². The van der Waals surface area contributed by atoms with Gasteiger partial charge >= 0.3 is 0 Å². The fraction of sp³-hybridized carbons (Fsp3) is 0.357. The van der Waals surface area contributed by atoms with Gasteiger partial charge in [-0.25, -0.2) is 0 Å². The molecule has 5 rings (SSSR count). The normalized spacial score (nSPS) is 20.7. The highest BCUT2D eigenvalue weighted by Gasteiger charge is 2.48. The molecule has 2 aliphatic rings. The Labute approximate surface area is 195 Å². The van der Waals surface area contributed by atoms with Crippen LogP contribution in [0.3, 0.4) is 0 Å². The molecule has 1 saturated carbocycles. The van der Waals surface area contributed by atoms with E-state index in [1.54, 1.807) is 4.90 Å². The summed E-state index contributed by atoms with van der Waals surface area (Å²) in [5, 5.41) is 3.27. The van der Waals surface area contributed by atoms with Crippen LogP contribution in [0, 0.1) is 6.92 Å². The van der Waals surface area contributed by atoms with Gasteiger partial charge in [0.2, 0.25) is 5.91 Å². The van der Waals surface area contributed by atoms with Crippen LogP contribution in [0.4, 0.5) is 0 Å². The number of aryl methyl sites for hydroxylation is 1. The highest BCUT2D eigenvalue weighted by Crippen LogP contribution is 2.34. The van der Waals surface area contributed by atoms with Crippen molar-refractivity contribution in [2.24, 2.45) is 0 Å². The third-order valence-corrected chi connectivity index (χ3v) is 7.18. The molecule has 2 amide bonds. The minimum absolute atomic E-state index is 0.0613.